The lowest BCUT2D eigenvalue weighted by Crippen LogP contribution is -2.55. The molecule has 1 heterocycles. The summed E-state index contributed by atoms with van der Waals surface area (Å²) in [4.78, 5) is 42.5. The predicted molar refractivity (Wildman–Crippen MR) is 192 cm³/mol. The van der Waals surface area contributed by atoms with Gasteiger partial charge in [0.25, 0.3) is 0 Å². The molecule has 1 saturated heterocycles. The SMILES string of the molecule is CC(C)(C)OC(=O)NC[C@@H](CC[C@H]1C(=O)O[C@H](c2ccccc2)[C@H](c2ccccc2)N1C(=O)OCc1ccccc1)O[Si](C)(C)C(C)(C)C. The number of hydrogen-bond acceptors (Lipinski definition) is 7. The largest absolute Gasteiger partial charge is 0.453 e. The smallest absolute Gasteiger partial charge is 0.411 e. The summed E-state index contributed by atoms with van der Waals surface area (Å²) in [5.74, 6) is -0.524. The highest BCUT2D eigenvalue weighted by atomic mass is 28.4. The van der Waals surface area contributed by atoms with Gasteiger partial charge in [0, 0.05) is 6.54 Å². The molecular formula is C39H52N2O7Si. The highest BCUT2D eigenvalue weighted by molar-refractivity contribution is 6.74. The molecule has 4 rings (SSSR count). The minimum absolute atomic E-state index is 0.0480. The number of nitrogens with zero attached hydrogens (tertiary/aromatic N) is 1. The predicted octanol–water partition coefficient (Wildman–Crippen LogP) is 8.73. The lowest BCUT2D eigenvalue weighted by molar-refractivity contribution is -0.174. The lowest BCUT2D eigenvalue weighted by atomic mass is 9.90. The van der Waals surface area contributed by atoms with E-state index in [2.05, 4.69) is 39.2 Å². The van der Waals surface area contributed by atoms with E-state index in [0.29, 0.717) is 6.42 Å². The van der Waals surface area contributed by atoms with Gasteiger partial charge in [-0.2, -0.15) is 0 Å². The lowest BCUT2D eigenvalue weighted by Gasteiger charge is -2.45. The van der Waals surface area contributed by atoms with Gasteiger partial charge in [0.05, 0.1) is 6.10 Å². The first kappa shape index (κ1) is 37.7. The number of esters is 1. The second-order valence-corrected chi connectivity index (χ2v) is 19.8. The Balaban J connectivity index is 1.68. The second kappa shape index (κ2) is 16.0. The van der Waals surface area contributed by atoms with Crippen LogP contribution in [0.4, 0.5) is 9.59 Å². The number of benzene rings is 3. The summed E-state index contributed by atoms with van der Waals surface area (Å²) in [7, 11) is -2.31. The molecule has 2 amide bonds. The Hall–Kier alpha value is -4.15. The summed E-state index contributed by atoms with van der Waals surface area (Å²) in [6.45, 7) is 16.4. The molecule has 0 aromatic heterocycles. The average Bonchev–Trinajstić information content (AvgIpc) is 3.04. The van der Waals surface area contributed by atoms with Crippen LogP contribution < -0.4 is 5.32 Å². The maximum Gasteiger partial charge on any atom is 0.411 e. The summed E-state index contributed by atoms with van der Waals surface area (Å²) in [5, 5.41) is 2.76. The molecule has 1 aliphatic heterocycles. The third-order valence-electron chi connectivity index (χ3n) is 9.03. The van der Waals surface area contributed by atoms with Gasteiger partial charge in [0.15, 0.2) is 14.4 Å². The van der Waals surface area contributed by atoms with Crippen molar-refractivity contribution in [2.45, 2.75) is 109 Å². The van der Waals surface area contributed by atoms with Crippen LogP contribution in [-0.4, -0.2) is 55.7 Å². The first-order chi connectivity index (χ1) is 23.1. The van der Waals surface area contributed by atoms with E-state index in [9.17, 15) is 14.4 Å². The van der Waals surface area contributed by atoms with Gasteiger partial charge < -0.3 is 24.0 Å². The van der Waals surface area contributed by atoms with Crippen LogP contribution in [-0.2, 0) is 30.0 Å². The highest BCUT2D eigenvalue weighted by Crippen LogP contribution is 2.44. The van der Waals surface area contributed by atoms with E-state index in [1.807, 2.05) is 112 Å². The Labute approximate surface area is 292 Å². The molecular weight excluding hydrogens is 637 g/mol. The molecule has 1 aliphatic rings. The zero-order chi connectivity index (χ0) is 35.8. The summed E-state index contributed by atoms with van der Waals surface area (Å²) < 4.78 is 24.4. The van der Waals surface area contributed by atoms with E-state index in [4.69, 9.17) is 18.6 Å². The average molecular weight is 689 g/mol. The summed E-state index contributed by atoms with van der Waals surface area (Å²) in [5.41, 5.74) is 1.75. The zero-order valence-corrected chi connectivity index (χ0v) is 31.1. The van der Waals surface area contributed by atoms with Gasteiger partial charge in [-0.25, -0.2) is 14.4 Å². The van der Waals surface area contributed by atoms with E-state index in [1.54, 1.807) is 4.90 Å². The minimum atomic E-state index is -2.31. The standard InChI is InChI=1S/C39H52N2O7Si/c1-38(2,3)47-36(43)40-26-31(48-49(7,8)39(4,5)6)24-25-32-35(42)46-34(30-22-16-11-17-23-30)33(29-20-14-10-15-21-29)41(32)37(44)45-27-28-18-12-9-13-19-28/h9-23,31-34H,24-27H2,1-8H3,(H,40,43)/t31-,32+,33+,34-/m1/s1. The molecule has 0 spiro atoms. The monoisotopic (exact) mass is 688 g/mol. The second-order valence-electron chi connectivity index (χ2n) is 15.0. The molecule has 9 nitrogen and oxygen atoms in total. The summed E-state index contributed by atoms with van der Waals surface area (Å²) >= 11 is 0. The first-order valence-corrected chi connectivity index (χ1v) is 19.9. The maximum absolute atomic E-state index is 14.2. The van der Waals surface area contributed by atoms with Crippen molar-refractivity contribution < 1.29 is 33.0 Å². The van der Waals surface area contributed by atoms with Gasteiger partial charge in [-0.1, -0.05) is 112 Å². The number of carbonyl (C=O) groups excluding carboxylic acids is 3. The van der Waals surface area contributed by atoms with Crippen molar-refractivity contribution >= 4 is 26.5 Å². The molecule has 0 saturated carbocycles. The van der Waals surface area contributed by atoms with Crippen molar-refractivity contribution in [1.82, 2.24) is 10.2 Å². The number of carbonyl (C=O) groups is 3. The van der Waals surface area contributed by atoms with Gasteiger partial charge in [0.2, 0.25) is 0 Å². The molecule has 0 unspecified atom stereocenters. The van der Waals surface area contributed by atoms with Crippen molar-refractivity contribution in [1.29, 1.82) is 0 Å². The molecule has 49 heavy (non-hydrogen) atoms. The van der Waals surface area contributed by atoms with E-state index >= 15 is 0 Å². The fourth-order valence-corrected chi connectivity index (χ4v) is 6.93. The van der Waals surface area contributed by atoms with Crippen LogP contribution in [0.3, 0.4) is 0 Å². The summed E-state index contributed by atoms with van der Waals surface area (Å²) in [6.07, 6.45) is -1.79. The maximum atomic E-state index is 14.2. The van der Waals surface area contributed by atoms with Crippen LogP contribution >= 0.6 is 0 Å². The topological polar surface area (TPSA) is 103 Å². The number of morpholine rings is 1. The normalized spacial score (nSPS) is 19.1. The molecule has 4 atom stereocenters. The Morgan fingerprint density at radius 2 is 1.41 bits per heavy atom. The van der Waals surface area contributed by atoms with Gasteiger partial charge in [0.1, 0.15) is 24.3 Å². The summed E-state index contributed by atoms with van der Waals surface area (Å²) in [6, 6.07) is 26.9. The van der Waals surface area contributed by atoms with Crippen LogP contribution in [0.2, 0.25) is 18.1 Å². The van der Waals surface area contributed by atoms with Crippen LogP contribution in [0.1, 0.15) is 83.2 Å². The molecule has 0 bridgehead atoms. The number of hydrogen-bond donors (Lipinski definition) is 1. The van der Waals surface area contributed by atoms with E-state index < -0.39 is 56.4 Å². The Kier molecular flexibility index (Phi) is 12.3. The number of cyclic esters (lactones) is 1. The third-order valence-corrected chi connectivity index (χ3v) is 13.6. The molecule has 264 valence electrons. The van der Waals surface area contributed by atoms with Crippen LogP contribution in [0.5, 0.6) is 0 Å². The van der Waals surface area contributed by atoms with Crippen molar-refractivity contribution in [3.63, 3.8) is 0 Å². The minimum Gasteiger partial charge on any atom is -0.453 e. The Morgan fingerprint density at radius 3 is 1.96 bits per heavy atom. The van der Waals surface area contributed by atoms with Crippen molar-refractivity contribution in [2.24, 2.45) is 0 Å². The Morgan fingerprint density at radius 1 is 0.857 bits per heavy atom. The van der Waals surface area contributed by atoms with Gasteiger partial charge in [-0.15, -0.1) is 0 Å². The van der Waals surface area contributed by atoms with Crippen LogP contribution in [0.25, 0.3) is 0 Å². The van der Waals surface area contributed by atoms with Gasteiger partial charge >= 0.3 is 18.2 Å². The number of nitrogens with one attached hydrogen (secondary N) is 1. The molecule has 0 radical (unpaired) electrons. The molecule has 1 fully saturated rings. The highest BCUT2D eigenvalue weighted by Gasteiger charge is 2.49. The first-order valence-electron chi connectivity index (χ1n) is 17.0. The number of rotatable bonds is 11. The molecule has 10 heteroatoms. The molecule has 1 N–H and O–H groups in total. The van der Waals surface area contributed by atoms with Gasteiger partial charge in [-0.3, -0.25) is 4.90 Å². The molecule has 0 aliphatic carbocycles. The zero-order valence-electron chi connectivity index (χ0n) is 30.1. The van der Waals surface area contributed by atoms with Crippen LogP contribution in [0, 0.1) is 0 Å². The third kappa shape index (κ3) is 10.4. The number of ether oxygens (including phenoxy) is 3. The molecule has 3 aromatic carbocycles. The van der Waals surface area contributed by atoms with E-state index in [0.717, 1.165) is 16.7 Å². The quantitative estimate of drug-likeness (QED) is 0.122. The Bertz CT molecular complexity index is 1520. The van der Waals surface area contributed by atoms with E-state index in [1.165, 1.54) is 0 Å². The molecule has 3 aromatic rings. The van der Waals surface area contributed by atoms with Gasteiger partial charge in [-0.05, 0) is 68.4 Å². The fourth-order valence-electron chi connectivity index (χ4n) is 5.54. The van der Waals surface area contributed by atoms with Crippen molar-refractivity contribution in [3.05, 3.63) is 108 Å². The van der Waals surface area contributed by atoms with Crippen molar-refractivity contribution in [3.8, 4) is 0 Å². The van der Waals surface area contributed by atoms with Crippen LogP contribution in [0.15, 0.2) is 91.0 Å². The van der Waals surface area contributed by atoms with Crippen molar-refractivity contribution in [2.75, 3.05) is 6.54 Å². The van der Waals surface area contributed by atoms with E-state index in [-0.39, 0.29) is 24.6 Å². The number of amides is 2. The fraction of sp³-hybridized carbons (Fsp3) is 0.462. The number of alkyl carbamates (subject to hydrolysis) is 1.